The largest absolute Gasteiger partial charge is 0.298 e. The lowest BCUT2D eigenvalue weighted by Gasteiger charge is -2.14. The van der Waals surface area contributed by atoms with Gasteiger partial charge in [0.1, 0.15) is 0 Å². The van der Waals surface area contributed by atoms with E-state index < -0.39 is 0 Å². The number of nitrogens with one attached hydrogen (secondary N) is 1. The fraction of sp³-hybridized carbons (Fsp3) is 0.350. The summed E-state index contributed by atoms with van der Waals surface area (Å²) in [6, 6.07) is 9.64. The molecule has 3 aromatic rings. The van der Waals surface area contributed by atoms with Gasteiger partial charge in [-0.2, -0.15) is 0 Å². The smallest absolute Gasteiger partial charge is 0.258 e. The first-order chi connectivity index (χ1) is 11.8. The lowest BCUT2D eigenvalue weighted by Crippen LogP contribution is -2.15. The Hall–Kier alpha value is -2.27. The van der Waals surface area contributed by atoms with Gasteiger partial charge < -0.3 is 0 Å². The van der Waals surface area contributed by atoms with Crippen molar-refractivity contribution in [3.8, 4) is 0 Å². The molecule has 1 N–H and O–H groups in total. The summed E-state index contributed by atoms with van der Waals surface area (Å²) in [7, 11) is 0. The van der Waals surface area contributed by atoms with Crippen LogP contribution in [0.3, 0.4) is 0 Å². The second-order valence-electron chi connectivity index (χ2n) is 7.51. The number of hydrogen-bond donors (Lipinski definition) is 1. The van der Waals surface area contributed by atoms with E-state index in [1.165, 1.54) is 11.3 Å². The van der Waals surface area contributed by atoms with Gasteiger partial charge in [-0.25, -0.2) is 4.98 Å². The van der Waals surface area contributed by atoms with E-state index in [2.05, 4.69) is 49.9 Å². The first-order valence-corrected chi connectivity index (χ1v) is 9.30. The third-order valence-electron chi connectivity index (χ3n) is 4.07. The number of nitrogens with zero attached hydrogens (tertiary/aromatic N) is 2. The van der Waals surface area contributed by atoms with E-state index in [1.807, 2.05) is 35.7 Å². The number of rotatable bonds is 3. The molecular weight excluding hydrogens is 330 g/mol. The number of thiazole rings is 1. The van der Waals surface area contributed by atoms with E-state index >= 15 is 0 Å². The zero-order chi connectivity index (χ0) is 18.2. The van der Waals surface area contributed by atoms with Gasteiger partial charge in [0.05, 0.1) is 16.8 Å². The van der Waals surface area contributed by atoms with Gasteiger partial charge >= 0.3 is 0 Å². The SMILES string of the molecule is CC(C)c1cc(C(=O)Nc2nc(C(C)(C)C)cs2)c2ccccc2n1. The molecule has 5 heteroatoms. The fourth-order valence-electron chi connectivity index (χ4n) is 2.52. The number of anilines is 1. The molecule has 25 heavy (non-hydrogen) atoms. The minimum Gasteiger partial charge on any atom is -0.298 e. The van der Waals surface area contributed by atoms with Gasteiger partial charge in [0.25, 0.3) is 5.91 Å². The van der Waals surface area contributed by atoms with Crippen molar-refractivity contribution in [3.05, 3.63) is 52.7 Å². The van der Waals surface area contributed by atoms with Gasteiger partial charge in [-0.1, -0.05) is 52.8 Å². The van der Waals surface area contributed by atoms with Crippen molar-refractivity contribution in [3.63, 3.8) is 0 Å². The normalized spacial score (nSPS) is 11.9. The second-order valence-corrected chi connectivity index (χ2v) is 8.37. The first-order valence-electron chi connectivity index (χ1n) is 8.43. The topological polar surface area (TPSA) is 54.9 Å². The second kappa shape index (κ2) is 6.56. The molecule has 0 atom stereocenters. The molecule has 130 valence electrons. The maximum Gasteiger partial charge on any atom is 0.258 e. The maximum atomic E-state index is 12.9. The lowest BCUT2D eigenvalue weighted by atomic mass is 9.93. The van der Waals surface area contributed by atoms with Gasteiger partial charge in [-0.15, -0.1) is 11.3 Å². The summed E-state index contributed by atoms with van der Waals surface area (Å²) in [5, 5.41) is 6.43. The molecule has 0 aliphatic carbocycles. The Kier molecular flexibility index (Phi) is 4.60. The summed E-state index contributed by atoms with van der Waals surface area (Å²) >= 11 is 1.46. The first kappa shape index (κ1) is 17.5. The van der Waals surface area contributed by atoms with Crippen molar-refractivity contribution < 1.29 is 4.79 Å². The van der Waals surface area contributed by atoms with Crippen LogP contribution in [-0.4, -0.2) is 15.9 Å². The summed E-state index contributed by atoms with van der Waals surface area (Å²) < 4.78 is 0. The van der Waals surface area contributed by atoms with Crippen LogP contribution in [0.4, 0.5) is 5.13 Å². The van der Waals surface area contributed by atoms with Gasteiger partial charge in [0.2, 0.25) is 0 Å². The van der Waals surface area contributed by atoms with Crippen molar-refractivity contribution in [2.24, 2.45) is 0 Å². The summed E-state index contributed by atoms with van der Waals surface area (Å²) in [5.41, 5.74) is 3.34. The number of hydrogen-bond acceptors (Lipinski definition) is 4. The fourth-order valence-corrected chi connectivity index (χ4v) is 3.45. The third-order valence-corrected chi connectivity index (χ3v) is 4.82. The maximum absolute atomic E-state index is 12.9. The Morgan fingerprint density at radius 2 is 1.88 bits per heavy atom. The molecule has 0 spiro atoms. The number of para-hydroxylation sites is 1. The van der Waals surface area contributed by atoms with Crippen LogP contribution in [0.25, 0.3) is 10.9 Å². The van der Waals surface area contributed by atoms with Crippen molar-refractivity contribution in [1.29, 1.82) is 0 Å². The van der Waals surface area contributed by atoms with Crippen LogP contribution in [0.5, 0.6) is 0 Å². The van der Waals surface area contributed by atoms with E-state index in [0.717, 1.165) is 22.3 Å². The average Bonchev–Trinajstić information content (AvgIpc) is 3.02. The number of fused-ring (bicyclic) bond motifs is 1. The van der Waals surface area contributed by atoms with Gasteiger partial charge in [0.15, 0.2) is 5.13 Å². The van der Waals surface area contributed by atoms with Crippen LogP contribution in [0.2, 0.25) is 0 Å². The zero-order valence-electron chi connectivity index (χ0n) is 15.3. The number of pyridine rings is 1. The summed E-state index contributed by atoms with van der Waals surface area (Å²) in [5.74, 6) is 0.110. The quantitative estimate of drug-likeness (QED) is 0.689. The van der Waals surface area contributed by atoms with Gasteiger partial charge in [0, 0.05) is 21.9 Å². The molecule has 4 nitrogen and oxygen atoms in total. The number of carbonyl (C=O) groups is 1. The van der Waals surface area contributed by atoms with Crippen molar-refractivity contribution in [2.75, 3.05) is 5.32 Å². The Morgan fingerprint density at radius 3 is 2.52 bits per heavy atom. The van der Waals surface area contributed by atoms with Gasteiger partial charge in [-0.05, 0) is 18.1 Å². The summed E-state index contributed by atoms with van der Waals surface area (Å²) in [6.07, 6.45) is 0. The van der Waals surface area contributed by atoms with E-state index in [-0.39, 0.29) is 17.2 Å². The summed E-state index contributed by atoms with van der Waals surface area (Å²) in [4.78, 5) is 22.1. The molecule has 1 aromatic carbocycles. The van der Waals surface area contributed by atoms with Crippen LogP contribution in [0.15, 0.2) is 35.7 Å². The highest BCUT2D eigenvalue weighted by Crippen LogP contribution is 2.28. The molecule has 0 aliphatic heterocycles. The predicted octanol–water partition coefficient (Wildman–Crippen LogP) is 5.36. The van der Waals surface area contributed by atoms with E-state index in [9.17, 15) is 4.79 Å². The minimum atomic E-state index is -0.143. The van der Waals surface area contributed by atoms with E-state index in [0.29, 0.717) is 10.7 Å². The van der Waals surface area contributed by atoms with Crippen LogP contribution in [0, 0.1) is 0 Å². The molecule has 0 saturated carbocycles. The number of aromatic nitrogens is 2. The number of benzene rings is 1. The highest BCUT2D eigenvalue weighted by molar-refractivity contribution is 7.14. The highest BCUT2D eigenvalue weighted by atomic mass is 32.1. The molecule has 0 radical (unpaired) electrons. The minimum absolute atomic E-state index is 0.0341. The van der Waals surface area contributed by atoms with Crippen LogP contribution in [-0.2, 0) is 5.41 Å². The monoisotopic (exact) mass is 353 g/mol. The van der Waals surface area contributed by atoms with Gasteiger partial charge in [-0.3, -0.25) is 15.1 Å². The molecule has 0 aliphatic rings. The third kappa shape index (κ3) is 3.71. The Labute approximate surface area is 152 Å². The van der Waals surface area contributed by atoms with Crippen LogP contribution in [0.1, 0.15) is 62.3 Å². The lowest BCUT2D eigenvalue weighted by molar-refractivity contribution is 0.102. The average molecular weight is 353 g/mol. The van der Waals surface area contributed by atoms with Crippen LogP contribution >= 0.6 is 11.3 Å². The number of carbonyl (C=O) groups excluding carboxylic acids is 1. The Bertz CT molecular complexity index is 922. The number of amides is 1. The molecule has 2 heterocycles. The molecule has 3 rings (SSSR count). The Morgan fingerprint density at radius 1 is 1.16 bits per heavy atom. The van der Waals surface area contributed by atoms with E-state index in [4.69, 9.17) is 0 Å². The predicted molar refractivity (Wildman–Crippen MR) is 105 cm³/mol. The molecule has 0 fully saturated rings. The molecule has 0 saturated heterocycles. The van der Waals surface area contributed by atoms with Crippen molar-refractivity contribution >= 4 is 33.3 Å². The van der Waals surface area contributed by atoms with Crippen molar-refractivity contribution in [2.45, 2.75) is 46.0 Å². The molecule has 1 amide bonds. The molecule has 0 unspecified atom stereocenters. The van der Waals surface area contributed by atoms with E-state index in [1.54, 1.807) is 0 Å². The molecular formula is C20H23N3OS. The highest BCUT2D eigenvalue weighted by Gasteiger charge is 2.19. The summed E-state index contributed by atoms with van der Waals surface area (Å²) in [6.45, 7) is 10.5. The molecule has 0 bridgehead atoms. The molecule has 2 aromatic heterocycles. The Balaban J connectivity index is 1.98. The van der Waals surface area contributed by atoms with Crippen LogP contribution < -0.4 is 5.32 Å². The van der Waals surface area contributed by atoms with Crippen molar-refractivity contribution in [1.82, 2.24) is 9.97 Å². The standard InChI is InChI=1S/C20H23N3OS/c1-12(2)16-10-14(13-8-6-7-9-15(13)21-16)18(24)23-19-22-17(11-25-19)20(3,4)5/h6-12H,1-5H3,(H,22,23,24). The zero-order valence-corrected chi connectivity index (χ0v) is 16.1.